The number of hydrogen-bond donors (Lipinski definition) is 0. The van der Waals surface area contributed by atoms with E-state index in [4.69, 9.17) is 4.12 Å². The first-order chi connectivity index (χ1) is 21.9. The van der Waals surface area contributed by atoms with Gasteiger partial charge < -0.3 is 4.12 Å². The Balaban J connectivity index is 1.43. The minimum absolute atomic E-state index is 0.731. The van der Waals surface area contributed by atoms with Crippen molar-refractivity contribution in [3.8, 4) is 0 Å². The average molecular weight is 655 g/mol. The molecule has 1 nitrogen and oxygen atoms in total. The smallest absolute Gasteiger partial charge is 0.206 e. The lowest BCUT2D eigenvalue weighted by molar-refractivity contribution is 0.574. The van der Waals surface area contributed by atoms with Crippen LogP contribution >= 0.6 is 15.8 Å². The van der Waals surface area contributed by atoms with Gasteiger partial charge in [0.2, 0.25) is 16.6 Å². The zero-order valence-corrected chi connectivity index (χ0v) is 30.3. The molecule has 45 heavy (non-hydrogen) atoms. The maximum Gasteiger partial charge on any atom is 0.206 e. The molecule has 0 fully saturated rings. The molecule has 6 aromatic rings. The molecular formula is C40H40OP2Si2. The van der Waals surface area contributed by atoms with Crippen molar-refractivity contribution < 1.29 is 4.12 Å². The van der Waals surface area contributed by atoms with Crippen LogP contribution in [0, 0.1) is 0 Å². The molecule has 224 valence electrons. The molecule has 0 aliphatic rings. The van der Waals surface area contributed by atoms with Gasteiger partial charge in [-0.05, 0) is 84.2 Å². The van der Waals surface area contributed by atoms with Gasteiger partial charge in [0.15, 0.2) is 0 Å². The third-order valence-electron chi connectivity index (χ3n) is 8.16. The molecule has 0 unspecified atom stereocenters. The second-order valence-corrected chi connectivity index (χ2v) is 24.5. The molecule has 0 saturated heterocycles. The molecule has 0 aliphatic carbocycles. The highest BCUT2D eigenvalue weighted by Gasteiger charge is 2.40. The van der Waals surface area contributed by atoms with Crippen molar-refractivity contribution in [2.45, 2.75) is 26.2 Å². The Bertz CT molecular complexity index is 1610. The fraction of sp³-hybridized carbons (Fsp3) is 0.100. The van der Waals surface area contributed by atoms with E-state index >= 15 is 0 Å². The van der Waals surface area contributed by atoms with Crippen molar-refractivity contribution in [1.29, 1.82) is 0 Å². The second-order valence-electron chi connectivity index (χ2n) is 12.2. The lowest BCUT2D eigenvalue weighted by Gasteiger charge is -2.38. The SMILES string of the molecule is C[Si](C)(O[Si](C)(C)c1ccccc1P(c1ccccc1)c1ccccc1)c1ccccc1P(c1ccccc1)c1ccccc1. The van der Waals surface area contributed by atoms with Crippen molar-refractivity contribution in [2.75, 3.05) is 0 Å². The van der Waals surface area contributed by atoms with Crippen LogP contribution in [-0.2, 0) is 4.12 Å². The van der Waals surface area contributed by atoms with Gasteiger partial charge >= 0.3 is 0 Å². The first-order valence-electron chi connectivity index (χ1n) is 15.5. The molecule has 0 heterocycles. The van der Waals surface area contributed by atoms with Crippen molar-refractivity contribution >= 4 is 74.7 Å². The molecule has 6 rings (SSSR count). The largest absolute Gasteiger partial charge is 0.449 e. The van der Waals surface area contributed by atoms with Gasteiger partial charge in [-0.2, -0.15) is 0 Å². The Morgan fingerprint density at radius 3 is 0.867 bits per heavy atom. The highest BCUT2D eigenvalue weighted by atomic mass is 31.1. The summed E-state index contributed by atoms with van der Waals surface area (Å²) in [7, 11) is -6.27. The van der Waals surface area contributed by atoms with E-state index in [2.05, 4.69) is 196 Å². The van der Waals surface area contributed by atoms with Gasteiger partial charge in [0.1, 0.15) is 0 Å². The lowest BCUT2D eigenvalue weighted by atomic mass is 10.3. The normalized spacial score (nSPS) is 12.0. The molecule has 0 aromatic heterocycles. The maximum atomic E-state index is 7.62. The van der Waals surface area contributed by atoms with Crippen LogP contribution in [0.15, 0.2) is 170 Å². The van der Waals surface area contributed by atoms with Crippen LogP contribution in [0.3, 0.4) is 0 Å². The quantitative estimate of drug-likeness (QED) is 0.117. The summed E-state index contributed by atoms with van der Waals surface area (Å²) in [5.41, 5.74) is 0. The summed E-state index contributed by atoms with van der Waals surface area (Å²) in [4.78, 5) is 0. The van der Waals surface area contributed by atoms with Gasteiger partial charge in [-0.15, -0.1) is 0 Å². The highest BCUT2D eigenvalue weighted by Crippen LogP contribution is 2.35. The number of benzene rings is 6. The molecule has 0 radical (unpaired) electrons. The summed E-state index contributed by atoms with van der Waals surface area (Å²) in [6, 6.07) is 62.3. The van der Waals surface area contributed by atoms with E-state index in [1.807, 2.05) is 0 Å². The Morgan fingerprint density at radius 1 is 0.333 bits per heavy atom. The predicted molar refractivity (Wildman–Crippen MR) is 206 cm³/mol. The first-order valence-corrected chi connectivity index (χ1v) is 24.0. The molecular weight excluding hydrogens is 615 g/mol. The standard InChI is InChI=1S/C40H40OP2Si2/c1-44(2,39-31-19-17-29-37(39)42(33-21-9-5-10-22-33)34-23-11-6-12-24-34)41-45(3,4)40-32-20-18-30-38(40)43(35-25-13-7-14-26-35)36-27-15-8-16-28-36/h5-32H,1-4H3. The van der Waals surface area contributed by atoms with Gasteiger partial charge in [-0.1, -0.05) is 170 Å². The summed E-state index contributed by atoms with van der Waals surface area (Å²) in [5, 5.41) is 11.1. The van der Waals surface area contributed by atoms with Crippen LogP contribution < -0.4 is 42.2 Å². The van der Waals surface area contributed by atoms with Gasteiger partial charge in [0.05, 0.1) is 0 Å². The Labute approximate surface area is 273 Å². The van der Waals surface area contributed by atoms with E-state index in [-0.39, 0.29) is 0 Å². The van der Waals surface area contributed by atoms with Crippen LogP contribution in [0.1, 0.15) is 0 Å². The Kier molecular flexibility index (Phi) is 9.76. The lowest BCUT2D eigenvalue weighted by Crippen LogP contribution is -2.62. The van der Waals surface area contributed by atoms with Crippen LogP contribution in [-0.4, -0.2) is 16.6 Å². The summed E-state index contributed by atoms with van der Waals surface area (Å²) < 4.78 is 7.62. The topological polar surface area (TPSA) is 9.23 Å². The molecule has 6 aromatic carbocycles. The van der Waals surface area contributed by atoms with Crippen LogP contribution in [0.4, 0.5) is 0 Å². The van der Waals surface area contributed by atoms with E-state index in [1.54, 1.807) is 0 Å². The zero-order chi connectivity index (χ0) is 31.3. The first kappa shape index (κ1) is 31.6. The van der Waals surface area contributed by atoms with E-state index in [0.717, 1.165) is 0 Å². The third-order valence-corrected chi connectivity index (χ3v) is 21.1. The fourth-order valence-corrected chi connectivity index (χ4v) is 21.6. The van der Waals surface area contributed by atoms with Crippen molar-refractivity contribution in [1.82, 2.24) is 0 Å². The number of rotatable bonds is 10. The van der Waals surface area contributed by atoms with E-state index < -0.39 is 32.5 Å². The van der Waals surface area contributed by atoms with Crippen LogP contribution in [0.5, 0.6) is 0 Å². The molecule has 0 saturated carbocycles. The number of hydrogen-bond acceptors (Lipinski definition) is 1. The maximum absolute atomic E-state index is 7.62. The van der Waals surface area contributed by atoms with Crippen LogP contribution in [0.25, 0.3) is 0 Å². The van der Waals surface area contributed by atoms with Crippen molar-refractivity contribution in [2.24, 2.45) is 0 Å². The van der Waals surface area contributed by atoms with E-state index in [9.17, 15) is 0 Å². The van der Waals surface area contributed by atoms with E-state index in [1.165, 1.54) is 42.2 Å². The van der Waals surface area contributed by atoms with Crippen molar-refractivity contribution in [3.63, 3.8) is 0 Å². The van der Waals surface area contributed by atoms with Gasteiger partial charge in [-0.25, -0.2) is 0 Å². The Hall–Kier alpha value is -3.43. The molecule has 0 aliphatic heterocycles. The van der Waals surface area contributed by atoms with Gasteiger partial charge in [-0.3, -0.25) is 0 Å². The third kappa shape index (κ3) is 7.04. The summed E-state index contributed by atoms with van der Waals surface area (Å²) >= 11 is 0. The Morgan fingerprint density at radius 2 is 0.578 bits per heavy atom. The minimum Gasteiger partial charge on any atom is -0.449 e. The second kappa shape index (κ2) is 13.9. The fourth-order valence-electron chi connectivity index (χ4n) is 6.27. The molecule has 0 N–H and O–H groups in total. The molecule has 5 heteroatoms. The minimum atomic E-state index is -2.40. The zero-order valence-electron chi connectivity index (χ0n) is 26.5. The molecule has 0 bridgehead atoms. The summed E-state index contributed by atoms with van der Waals surface area (Å²) in [5.74, 6) is 0. The van der Waals surface area contributed by atoms with Crippen LogP contribution in [0.2, 0.25) is 26.2 Å². The predicted octanol–water partition coefficient (Wildman–Crippen LogP) is 6.74. The molecule has 0 atom stereocenters. The average Bonchev–Trinajstić information content (AvgIpc) is 3.07. The van der Waals surface area contributed by atoms with Crippen molar-refractivity contribution in [3.05, 3.63) is 170 Å². The van der Waals surface area contributed by atoms with Gasteiger partial charge in [0, 0.05) is 0 Å². The molecule has 0 amide bonds. The summed E-state index contributed by atoms with van der Waals surface area (Å²) in [6.45, 7) is 9.63. The molecule has 0 spiro atoms. The van der Waals surface area contributed by atoms with E-state index in [0.29, 0.717) is 0 Å². The van der Waals surface area contributed by atoms with Gasteiger partial charge in [0.25, 0.3) is 0 Å². The monoisotopic (exact) mass is 654 g/mol. The summed E-state index contributed by atoms with van der Waals surface area (Å²) in [6.07, 6.45) is 0. The highest BCUT2D eigenvalue weighted by molar-refractivity contribution is 7.80.